The van der Waals surface area contributed by atoms with Crippen molar-refractivity contribution in [3.05, 3.63) is 0 Å². The van der Waals surface area contributed by atoms with E-state index in [0.29, 0.717) is 12.8 Å². The van der Waals surface area contributed by atoms with E-state index in [0.717, 1.165) is 19.3 Å². The third kappa shape index (κ3) is 29.1. The lowest BCUT2D eigenvalue weighted by molar-refractivity contribution is -0.140. The molecule has 0 aromatic rings. The Labute approximate surface area is 184 Å². The Bertz CT molecular complexity index is 386. The summed E-state index contributed by atoms with van der Waals surface area (Å²) in [7, 11) is 0. The van der Waals surface area contributed by atoms with Crippen LogP contribution in [-0.2, 0) is 9.59 Å². The molecule has 0 aliphatic rings. The second-order valence-corrected chi connectivity index (χ2v) is 8.32. The first kappa shape index (κ1) is 31.0. The van der Waals surface area contributed by atoms with Gasteiger partial charge in [0.05, 0.1) is 25.0 Å². The summed E-state index contributed by atoms with van der Waals surface area (Å²) in [6, 6.07) is 0. The molecule has 0 bridgehead atoms. The normalized spacial score (nSPS) is 12.7. The standard InChI is InChI=1S/C18H36O3.C6H12O3/c1-2-3-4-5-6-7-8-9-10-11-12-13-14-15-17(19)16-18(20)21;1-2-3-5(7)4-6(8)9/h17,19H,2-16H2,1H3,(H,20,21);5,7H,2-4H2,1H3,(H,8,9). The molecule has 6 nitrogen and oxygen atoms in total. The minimum absolute atomic E-state index is 0.113. The zero-order valence-corrected chi connectivity index (χ0v) is 19.5. The maximum Gasteiger partial charge on any atom is 0.305 e. The minimum Gasteiger partial charge on any atom is -0.481 e. The largest absolute Gasteiger partial charge is 0.481 e. The van der Waals surface area contributed by atoms with E-state index in [1.807, 2.05) is 6.92 Å². The molecule has 0 spiro atoms. The van der Waals surface area contributed by atoms with E-state index in [9.17, 15) is 14.7 Å². The monoisotopic (exact) mass is 432 g/mol. The van der Waals surface area contributed by atoms with Gasteiger partial charge in [0.1, 0.15) is 0 Å². The second-order valence-electron chi connectivity index (χ2n) is 8.32. The zero-order chi connectivity index (χ0) is 23.0. The van der Waals surface area contributed by atoms with E-state index >= 15 is 0 Å². The fraction of sp³-hybridized carbons (Fsp3) is 0.917. The summed E-state index contributed by atoms with van der Waals surface area (Å²) in [5.41, 5.74) is 0. The Hall–Kier alpha value is -1.14. The minimum atomic E-state index is -0.934. The first-order valence-electron chi connectivity index (χ1n) is 12.1. The van der Waals surface area contributed by atoms with Gasteiger partial charge in [0.25, 0.3) is 0 Å². The molecule has 30 heavy (non-hydrogen) atoms. The van der Waals surface area contributed by atoms with Gasteiger partial charge in [0, 0.05) is 0 Å². The summed E-state index contributed by atoms with van der Waals surface area (Å²) >= 11 is 0. The van der Waals surface area contributed by atoms with E-state index in [1.54, 1.807) is 0 Å². The summed E-state index contributed by atoms with van der Waals surface area (Å²) in [6.07, 6.45) is 17.4. The van der Waals surface area contributed by atoms with Crippen molar-refractivity contribution in [2.45, 2.75) is 142 Å². The lowest BCUT2D eigenvalue weighted by Gasteiger charge is -2.07. The summed E-state index contributed by atoms with van der Waals surface area (Å²) in [5, 5.41) is 34.9. The molecule has 2 unspecified atom stereocenters. The maximum atomic E-state index is 10.4. The average Bonchev–Trinajstić information content (AvgIpc) is 2.65. The molecular weight excluding hydrogens is 384 g/mol. The fourth-order valence-electron chi connectivity index (χ4n) is 3.34. The van der Waals surface area contributed by atoms with Gasteiger partial charge in [0.2, 0.25) is 0 Å². The van der Waals surface area contributed by atoms with Crippen molar-refractivity contribution in [1.29, 1.82) is 0 Å². The molecule has 0 saturated heterocycles. The molecule has 2 atom stereocenters. The smallest absolute Gasteiger partial charge is 0.305 e. The zero-order valence-electron chi connectivity index (χ0n) is 19.5. The number of carboxylic acid groups (broad SMARTS) is 2. The van der Waals surface area contributed by atoms with Gasteiger partial charge in [-0.1, -0.05) is 104 Å². The van der Waals surface area contributed by atoms with Crippen LogP contribution in [-0.4, -0.2) is 44.6 Å². The molecule has 0 aromatic carbocycles. The second kappa shape index (κ2) is 24.1. The van der Waals surface area contributed by atoms with E-state index in [2.05, 4.69) is 6.92 Å². The van der Waals surface area contributed by atoms with Gasteiger partial charge in [-0.05, 0) is 12.8 Å². The van der Waals surface area contributed by atoms with Crippen LogP contribution >= 0.6 is 0 Å². The van der Waals surface area contributed by atoms with Crippen LogP contribution < -0.4 is 0 Å². The first-order chi connectivity index (χ1) is 14.3. The molecule has 0 rings (SSSR count). The van der Waals surface area contributed by atoms with Crippen molar-refractivity contribution >= 4 is 11.9 Å². The lowest BCUT2D eigenvalue weighted by atomic mass is 10.0. The van der Waals surface area contributed by atoms with Crippen LogP contribution in [0.4, 0.5) is 0 Å². The average molecular weight is 433 g/mol. The lowest BCUT2D eigenvalue weighted by Crippen LogP contribution is -2.12. The Balaban J connectivity index is 0. The highest BCUT2D eigenvalue weighted by Gasteiger charge is 2.08. The van der Waals surface area contributed by atoms with E-state index in [4.69, 9.17) is 15.3 Å². The molecule has 0 saturated carbocycles. The number of aliphatic carboxylic acids is 2. The van der Waals surface area contributed by atoms with Crippen LogP contribution in [0.2, 0.25) is 0 Å². The predicted molar refractivity (Wildman–Crippen MR) is 122 cm³/mol. The molecule has 180 valence electrons. The molecule has 6 heteroatoms. The summed E-state index contributed by atoms with van der Waals surface area (Å²) < 4.78 is 0. The molecule has 0 aliphatic carbocycles. The van der Waals surface area contributed by atoms with Crippen molar-refractivity contribution in [2.75, 3.05) is 0 Å². The fourth-order valence-corrected chi connectivity index (χ4v) is 3.34. The number of aliphatic hydroxyl groups is 2. The summed E-state index contributed by atoms with van der Waals surface area (Å²) in [4.78, 5) is 20.3. The number of rotatable bonds is 20. The molecule has 0 aromatic heterocycles. The van der Waals surface area contributed by atoms with Gasteiger partial charge in [-0.2, -0.15) is 0 Å². The SMILES string of the molecule is CCCC(O)CC(=O)O.CCCCCCCCCCCCCCCC(O)CC(=O)O. The third-order valence-electron chi connectivity index (χ3n) is 5.08. The van der Waals surface area contributed by atoms with Gasteiger partial charge in [-0.3, -0.25) is 9.59 Å². The van der Waals surface area contributed by atoms with Crippen LogP contribution in [0.5, 0.6) is 0 Å². The Morgan fingerprint density at radius 1 is 0.533 bits per heavy atom. The number of hydrogen-bond donors (Lipinski definition) is 4. The number of unbranched alkanes of at least 4 members (excludes halogenated alkanes) is 12. The molecule has 4 N–H and O–H groups in total. The topological polar surface area (TPSA) is 115 Å². The highest BCUT2D eigenvalue weighted by Crippen LogP contribution is 2.13. The summed E-state index contributed by atoms with van der Waals surface area (Å²) in [6.45, 7) is 4.16. The van der Waals surface area contributed by atoms with Crippen molar-refractivity contribution in [1.82, 2.24) is 0 Å². The van der Waals surface area contributed by atoms with Gasteiger partial charge < -0.3 is 20.4 Å². The number of aliphatic hydroxyl groups excluding tert-OH is 2. The third-order valence-corrected chi connectivity index (χ3v) is 5.08. The van der Waals surface area contributed by atoms with Crippen molar-refractivity contribution in [3.63, 3.8) is 0 Å². The van der Waals surface area contributed by atoms with Gasteiger partial charge in [-0.15, -0.1) is 0 Å². The highest BCUT2D eigenvalue weighted by atomic mass is 16.4. The van der Waals surface area contributed by atoms with Gasteiger partial charge in [-0.25, -0.2) is 0 Å². The number of carboxylic acids is 2. The van der Waals surface area contributed by atoms with Crippen molar-refractivity contribution < 1.29 is 30.0 Å². The van der Waals surface area contributed by atoms with E-state index in [-0.39, 0.29) is 12.8 Å². The molecule has 0 heterocycles. The molecule has 0 amide bonds. The molecular formula is C24H48O6. The number of carbonyl (C=O) groups is 2. The van der Waals surface area contributed by atoms with Crippen LogP contribution in [0, 0.1) is 0 Å². The summed E-state index contributed by atoms with van der Waals surface area (Å²) in [5.74, 6) is -1.84. The predicted octanol–water partition coefficient (Wildman–Crippen LogP) is 5.93. The maximum absolute atomic E-state index is 10.4. The Morgan fingerprint density at radius 2 is 0.867 bits per heavy atom. The molecule has 0 radical (unpaired) electrons. The van der Waals surface area contributed by atoms with Crippen LogP contribution in [0.25, 0.3) is 0 Å². The Morgan fingerprint density at radius 3 is 1.20 bits per heavy atom. The Kier molecular flexibility index (Phi) is 25.0. The van der Waals surface area contributed by atoms with E-state index < -0.39 is 24.1 Å². The van der Waals surface area contributed by atoms with Gasteiger partial charge >= 0.3 is 11.9 Å². The molecule has 0 fully saturated rings. The molecule has 0 aliphatic heterocycles. The van der Waals surface area contributed by atoms with Crippen molar-refractivity contribution in [2.24, 2.45) is 0 Å². The van der Waals surface area contributed by atoms with Crippen molar-refractivity contribution in [3.8, 4) is 0 Å². The van der Waals surface area contributed by atoms with Crippen LogP contribution in [0.15, 0.2) is 0 Å². The number of hydrogen-bond acceptors (Lipinski definition) is 4. The first-order valence-corrected chi connectivity index (χ1v) is 12.1. The quantitative estimate of drug-likeness (QED) is 0.177. The highest BCUT2D eigenvalue weighted by molar-refractivity contribution is 5.67. The van der Waals surface area contributed by atoms with Crippen LogP contribution in [0.1, 0.15) is 129 Å². The van der Waals surface area contributed by atoms with Crippen LogP contribution in [0.3, 0.4) is 0 Å². The van der Waals surface area contributed by atoms with Gasteiger partial charge in [0.15, 0.2) is 0 Å². The van der Waals surface area contributed by atoms with E-state index in [1.165, 1.54) is 70.6 Å².